The summed E-state index contributed by atoms with van der Waals surface area (Å²) >= 11 is 0. The number of benzene rings is 2. The Labute approximate surface area is 160 Å². The number of hydrogen-bond acceptors (Lipinski definition) is 3. The number of rotatable bonds is 7. The van der Waals surface area contributed by atoms with Crippen LogP contribution in [0, 0.1) is 11.7 Å². The fourth-order valence-corrected chi connectivity index (χ4v) is 3.49. The maximum Gasteiger partial charge on any atom is 0.234 e. The van der Waals surface area contributed by atoms with Crippen LogP contribution in [0.5, 0.6) is 5.75 Å². The molecule has 1 aliphatic rings. The van der Waals surface area contributed by atoms with Gasteiger partial charge in [-0.15, -0.1) is 0 Å². The van der Waals surface area contributed by atoms with Crippen LogP contribution >= 0.6 is 0 Å². The SMILES string of the molecule is CC(NC(=O)CN1CCCC(COc2ccccc2)C1)c1ccc(F)cc1. The molecule has 1 amide bonds. The number of piperidine rings is 1. The maximum atomic E-state index is 13.0. The molecule has 2 unspecified atom stereocenters. The number of nitrogens with zero attached hydrogens (tertiary/aromatic N) is 1. The van der Waals surface area contributed by atoms with Gasteiger partial charge < -0.3 is 10.1 Å². The standard InChI is InChI=1S/C22H27FN2O2/c1-17(19-9-11-20(23)12-10-19)24-22(26)15-25-13-5-6-18(14-25)16-27-21-7-3-2-4-8-21/h2-4,7-12,17-18H,5-6,13-16H2,1H3,(H,24,26). The van der Waals surface area contributed by atoms with Crippen LogP contribution in [0.15, 0.2) is 54.6 Å². The second-order valence-electron chi connectivity index (χ2n) is 7.21. The van der Waals surface area contributed by atoms with Crippen molar-refractivity contribution in [1.29, 1.82) is 0 Å². The minimum atomic E-state index is -0.269. The van der Waals surface area contributed by atoms with Crippen molar-refractivity contribution in [3.05, 3.63) is 66.0 Å². The summed E-state index contributed by atoms with van der Waals surface area (Å²) in [6, 6.07) is 15.9. The second-order valence-corrected chi connectivity index (χ2v) is 7.21. The molecule has 4 nitrogen and oxygen atoms in total. The van der Waals surface area contributed by atoms with Gasteiger partial charge in [0, 0.05) is 12.5 Å². The number of ether oxygens (including phenoxy) is 1. The zero-order valence-corrected chi connectivity index (χ0v) is 15.7. The van der Waals surface area contributed by atoms with Gasteiger partial charge in [-0.05, 0) is 56.1 Å². The molecule has 0 aromatic heterocycles. The van der Waals surface area contributed by atoms with Crippen LogP contribution < -0.4 is 10.1 Å². The molecule has 2 aromatic rings. The minimum Gasteiger partial charge on any atom is -0.493 e. The lowest BCUT2D eigenvalue weighted by atomic mass is 9.99. The van der Waals surface area contributed by atoms with Crippen molar-refractivity contribution in [1.82, 2.24) is 10.2 Å². The average Bonchev–Trinajstić information content (AvgIpc) is 2.68. The Morgan fingerprint density at radius 1 is 1.22 bits per heavy atom. The molecule has 2 atom stereocenters. The van der Waals surface area contributed by atoms with Crippen molar-refractivity contribution in [3.63, 3.8) is 0 Å². The van der Waals surface area contributed by atoms with E-state index in [2.05, 4.69) is 10.2 Å². The number of halogens is 1. The fraction of sp³-hybridized carbons (Fsp3) is 0.409. The number of nitrogens with one attached hydrogen (secondary N) is 1. The van der Waals surface area contributed by atoms with Crippen molar-refractivity contribution in [2.24, 2.45) is 5.92 Å². The third-order valence-electron chi connectivity index (χ3n) is 4.95. The Morgan fingerprint density at radius 3 is 2.70 bits per heavy atom. The lowest BCUT2D eigenvalue weighted by Gasteiger charge is -2.32. The van der Waals surface area contributed by atoms with Crippen molar-refractivity contribution >= 4 is 5.91 Å². The summed E-state index contributed by atoms with van der Waals surface area (Å²) < 4.78 is 18.9. The van der Waals surface area contributed by atoms with Gasteiger partial charge in [-0.25, -0.2) is 4.39 Å². The van der Waals surface area contributed by atoms with E-state index in [1.807, 2.05) is 37.3 Å². The van der Waals surface area contributed by atoms with Gasteiger partial charge in [0.2, 0.25) is 5.91 Å². The monoisotopic (exact) mass is 370 g/mol. The summed E-state index contributed by atoms with van der Waals surface area (Å²) in [6.45, 7) is 4.77. The first kappa shape index (κ1) is 19.4. The molecule has 5 heteroatoms. The molecule has 3 rings (SSSR count). The molecule has 0 bridgehead atoms. The van der Waals surface area contributed by atoms with Gasteiger partial charge in [0.1, 0.15) is 11.6 Å². The average molecular weight is 370 g/mol. The first-order chi connectivity index (χ1) is 13.1. The van der Waals surface area contributed by atoms with Gasteiger partial charge in [-0.3, -0.25) is 9.69 Å². The van der Waals surface area contributed by atoms with E-state index in [0.29, 0.717) is 19.1 Å². The Kier molecular flexibility index (Phi) is 6.82. The molecule has 0 radical (unpaired) electrons. The van der Waals surface area contributed by atoms with Gasteiger partial charge in [-0.2, -0.15) is 0 Å². The zero-order valence-electron chi connectivity index (χ0n) is 15.7. The van der Waals surface area contributed by atoms with Gasteiger partial charge in [-0.1, -0.05) is 30.3 Å². The Hall–Kier alpha value is -2.40. The third kappa shape index (κ3) is 6.07. The Balaban J connectivity index is 1.44. The molecule has 144 valence electrons. The first-order valence-electron chi connectivity index (χ1n) is 9.55. The minimum absolute atomic E-state index is 0.00328. The highest BCUT2D eigenvalue weighted by Crippen LogP contribution is 2.19. The first-order valence-corrected chi connectivity index (χ1v) is 9.55. The van der Waals surface area contributed by atoms with E-state index in [4.69, 9.17) is 4.74 Å². The molecule has 1 heterocycles. The molecule has 27 heavy (non-hydrogen) atoms. The molecular formula is C22H27FN2O2. The zero-order chi connectivity index (χ0) is 19.1. The van der Waals surface area contributed by atoms with Crippen LogP contribution in [0.25, 0.3) is 0 Å². The summed E-state index contributed by atoms with van der Waals surface area (Å²) in [5, 5.41) is 3.00. The van der Waals surface area contributed by atoms with Gasteiger partial charge in [0.15, 0.2) is 0 Å². The van der Waals surface area contributed by atoms with Crippen LogP contribution in [0.1, 0.15) is 31.4 Å². The van der Waals surface area contributed by atoms with E-state index in [1.165, 1.54) is 12.1 Å². The summed E-state index contributed by atoms with van der Waals surface area (Å²) in [7, 11) is 0. The highest BCUT2D eigenvalue weighted by Gasteiger charge is 2.22. The van der Waals surface area contributed by atoms with Gasteiger partial charge in [0.25, 0.3) is 0 Å². The molecule has 0 saturated carbocycles. The van der Waals surface area contributed by atoms with Crippen molar-refractivity contribution < 1.29 is 13.9 Å². The molecular weight excluding hydrogens is 343 g/mol. The summed E-state index contributed by atoms with van der Waals surface area (Å²) in [4.78, 5) is 14.6. The number of para-hydroxylation sites is 1. The third-order valence-corrected chi connectivity index (χ3v) is 4.95. The van der Waals surface area contributed by atoms with E-state index in [1.54, 1.807) is 12.1 Å². The Morgan fingerprint density at radius 2 is 1.96 bits per heavy atom. The molecule has 1 aliphatic heterocycles. The number of carbonyl (C=O) groups is 1. The number of amides is 1. The van der Waals surface area contributed by atoms with Crippen molar-refractivity contribution in [3.8, 4) is 5.75 Å². The lowest BCUT2D eigenvalue weighted by molar-refractivity contribution is -0.123. The predicted octanol–water partition coefficient (Wildman–Crippen LogP) is 3.79. The fourth-order valence-electron chi connectivity index (χ4n) is 3.49. The number of carbonyl (C=O) groups excluding carboxylic acids is 1. The van der Waals surface area contributed by atoms with Crippen LogP contribution in [-0.4, -0.2) is 37.0 Å². The van der Waals surface area contributed by atoms with E-state index < -0.39 is 0 Å². The van der Waals surface area contributed by atoms with Crippen LogP contribution in [-0.2, 0) is 4.79 Å². The largest absolute Gasteiger partial charge is 0.493 e. The molecule has 1 N–H and O–H groups in total. The van der Waals surface area contributed by atoms with Crippen molar-refractivity contribution in [2.45, 2.75) is 25.8 Å². The summed E-state index contributed by atoms with van der Waals surface area (Å²) in [5.74, 6) is 1.05. The molecule has 2 aromatic carbocycles. The smallest absolute Gasteiger partial charge is 0.234 e. The quantitative estimate of drug-likeness (QED) is 0.806. The predicted molar refractivity (Wildman–Crippen MR) is 104 cm³/mol. The number of likely N-dealkylation sites (tertiary alicyclic amines) is 1. The maximum absolute atomic E-state index is 13.0. The van der Waals surface area contributed by atoms with E-state index >= 15 is 0 Å². The van der Waals surface area contributed by atoms with E-state index in [9.17, 15) is 9.18 Å². The topological polar surface area (TPSA) is 41.6 Å². The van der Waals surface area contributed by atoms with E-state index in [-0.39, 0.29) is 17.8 Å². The van der Waals surface area contributed by atoms with Gasteiger partial charge in [0.05, 0.1) is 19.2 Å². The lowest BCUT2D eigenvalue weighted by Crippen LogP contribution is -2.44. The van der Waals surface area contributed by atoms with Crippen molar-refractivity contribution in [2.75, 3.05) is 26.2 Å². The highest BCUT2D eigenvalue weighted by molar-refractivity contribution is 5.78. The molecule has 0 aliphatic carbocycles. The molecule has 0 spiro atoms. The van der Waals surface area contributed by atoms with Crippen LogP contribution in [0.3, 0.4) is 0 Å². The molecule has 1 fully saturated rings. The second kappa shape index (κ2) is 9.51. The molecule has 1 saturated heterocycles. The highest BCUT2D eigenvalue weighted by atomic mass is 19.1. The Bertz CT molecular complexity index is 721. The number of hydrogen-bond donors (Lipinski definition) is 1. The summed E-state index contributed by atoms with van der Waals surface area (Å²) in [5.41, 5.74) is 0.900. The summed E-state index contributed by atoms with van der Waals surface area (Å²) in [6.07, 6.45) is 2.19. The van der Waals surface area contributed by atoms with Gasteiger partial charge >= 0.3 is 0 Å². The van der Waals surface area contributed by atoms with Crippen LogP contribution in [0.2, 0.25) is 0 Å². The normalized spacial score (nSPS) is 18.7. The van der Waals surface area contributed by atoms with E-state index in [0.717, 1.165) is 37.2 Å². The van der Waals surface area contributed by atoms with Crippen LogP contribution in [0.4, 0.5) is 4.39 Å².